The highest BCUT2D eigenvalue weighted by atomic mass is 14.9. The van der Waals surface area contributed by atoms with Gasteiger partial charge in [-0.3, -0.25) is 4.99 Å². The Morgan fingerprint density at radius 2 is 1.88 bits per heavy atom. The highest BCUT2D eigenvalue weighted by Crippen LogP contribution is 2.19. The topological polar surface area (TPSA) is 24.4 Å². The zero-order valence-corrected chi connectivity index (χ0v) is 8.85. The molecule has 0 radical (unpaired) electrons. The first kappa shape index (κ1) is 9.16. The number of nitrogens with one attached hydrogen (secondary N) is 1. The van der Waals surface area contributed by atoms with Crippen molar-refractivity contribution in [3.05, 3.63) is 60.4 Å². The lowest BCUT2D eigenvalue weighted by Gasteiger charge is -2.12. The van der Waals surface area contributed by atoms with E-state index in [4.69, 9.17) is 0 Å². The Morgan fingerprint density at radius 3 is 2.75 bits per heavy atom. The van der Waals surface area contributed by atoms with Crippen molar-refractivity contribution in [1.82, 2.24) is 5.32 Å². The number of hydrogen-bond donors (Lipinski definition) is 1. The monoisotopic (exact) mass is 208 g/mol. The SMILES string of the molecule is C1=CNCC(c2cccc3ccccc23)=N1. The summed E-state index contributed by atoms with van der Waals surface area (Å²) < 4.78 is 0. The molecular formula is C14H12N2. The predicted molar refractivity (Wildman–Crippen MR) is 67.6 cm³/mol. The van der Waals surface area contributed by atoms with Crippen molar-refractivity contribution in [3.63, 3.8) is 0 Å². The van der Waals surface area contributed by atoms with Gasteiger partial charge in [-0.05, 0) is 10.8 Å². The molecular weight excluding hydrogens is 196 g/mol. The second-order valence-corrected chi connectivity index (χ2v) is 3.80. The quantitative estimate of drug-likeness (QED) is 0.765. The zero-order valence-electron chi connectivity index (χ0n) is 8.85. The minimum Gasteiger partial charge on any atom is -0.384 e. The van der Waals surface area contributed by atoms with Crippen molar-refractivity contribution in [1.29, 1.82) is 0 Å². The maximum atomic E-state index is 4.42. The Labute approximate surface area is 94.3 Å². The Hall–Kier alpha value is -2.09. The standard InChI is InChI=1S/C14H12N2/c1-2-6-12-11(4-1)5-3-7-13(12)14-10-15-8-9-16-14/h1-9,15H,10H2. The summed E-state index contributed by atoms with van der Waals surface area (Å²) in [6.45, 7) is 0.796. The Bertz CT molecular complexity index is 577. The molecule has 1 aliphatic heterocycles. The van der Waals surface area contributed by atoms with Gasteiger partial charge in [0.05, 0.1) is 12.3 Å². The summed E-state index contributed by atoms with van der Waals surface area (Å²) in [4.78, 5) is 4.42. The van der Waals surface area contributed by atoms with E-state index >= 15 is 0 Å². The lowest BCUT2D eigenvalue weighted by molar-refractivity contribution is 0.989. The van der Waals surface area contributed by atoms with E-state index in [9.17, 15) is 0 Å². The van der Waals surface area contributed by atoms with Crippen molar-refractivity contribution in [2.24, 2.45) is 4.99 Å². The fourth-order valence-electron chi connectivity index (χ4n) is 2.02. The van der Waals surface area contributed by atoms with Crippen molar-refractivity contribution < 1.29 is 0 Å². The van der Waals surface area contributed by atoms with Crippen LogP contribution in [0.15, 0.2) is 59.9 Å². The third-order valence-corrected chi connectivity index (χ3v) is 2.79. The highest BCUT2D eigenvalue weighted by molar-refractivity contribution is 6.12. The van der Waals surface area contributed by atoms with E-state index in [0.717, 1.165) is 12.3 Å². The summed E-state index contributed by atoms with van der Waals surface area (Å²) in [6, 6.07) is 14.7. The molecule has 1 aliphatic rings. The minimum absolute atomic E-state index is 0.796. The van der Waals surface area contributed by atoms with E-state index in [1.807, 2.05) is 6.20 Å². The van der Waals surface area contributed by atoms with Crippen LogP contribution < -0.4 is 5.32 Å². The van der Waals surface area contributed by atoms with Crippen molar-refractivity contribution >= 4 is 16.5 Å². The molecule has 0 amide bonds. The van der Waals surface area contributed by atoms with Gasteiger partial charge in [0.15, 0.2) is 0 Å². The lowest BCUT2D eigenvalue weighted by atomic mass is 10.0. The fourth-order valence-corrected chi connectivity index (χ4v) is 2.02. The Morgan fingerprint density at radius 1 is 1.00 bits per heavy atom. The second-order valence-electron chi connectivity index (χ2n) is 3.80. The molecule has 16 heavy (non-hydrogen) atoms. The maximum absolute atomic E-state index is 4.42. The van der Waals surface area contributed by atoms with Crippen LogP contribution in [0, 0.1) is 0 Å². The molecule has 78 valence electrons. The number of hydrogen-bond acceptors (Lipinski definition) is 2. The van der Waals surface area contributed by atoms with E-state index in [1.54, 1.807) is 6.20 Å². The summed E-state index contributed by atoms with van der Waals surface area (Å²) in [5, 5.41) is 5.71. The van der Waals surface area contributed by atoms with Gasteiger partial charge in [-0.2, -0.15) is 0 Å². The number of benzene rings is 2. The van der Waals surface area contributed by atoms with Crippen LogP contribution in [-0.4, -0.2) is 12.3 Å². The number of fused-ring (bicyclic) bond motifs is 1. The van der Waals surface area contributed by atoms with Crippen molar-refractivity contribution in [3.8, 4) is 0 Å². The van der Waals surface area contributed by atoms with Crippen LogP contribution in [0.25, 0.3) is 10.8 Å². The van der Waals surface area contributed by atoms with E-state index < -0.39 is 0 Å². The summed E-state index contributed by atoms with van der Waals surface area (Å²) >= 11 is 0. The van der Waals surface area contributed by atoms with Crippen LogP contribution in [0.4, 0.5) is 0 Å². The van der Waals surface area contributed by atoms with Crippen LogP contribution in [-0.2, 0) is 0 Å². The van der Waals surface area contributed by atoms with Crippen LogP contribution in [0.5, 0.6) is 0 Å². The Kier molecular flexibility index (Phi) is 2.18. The van der Waals surface area contributed by atoms with Crippen LogP contribution >= 0.6 is 0 Å². The molecule has 2 aromatic carbocycles. The maximum Gasteiger partial charge on any atom is 0.0673 e. The van der Waals surface area contributed by atoms with E-state index in [0.29, 0.717) is 0 Å². The van der Waals surface area contributed by atoms with Crippen molar-refractivity contribution in [2.75, 3.05) is 6.54 Å². The molecule has 2 aromatic rings. The molecule has 0 aliphatic carbocycles. The van der Waals surface area contributed by atoms with Crippen molar-refractivity contribution in [2.45, 2.75) is 0 Å². The smallest absolute Gasteiger partial charge is 0.0673 e. The molecule has 0 spiro atoms. The predicted octanol–water partition coefficient (Wildman–Crippen LogP) is 2.70. The van der Waals surface area contributed by atoms with Gasteiger partial charge >= 0.3 is 0 Å². The molecule has 2 nitrogen and oxygen atoms in total. The molecule has 3 rings (SSSR count). The molecule has 0 saturated heterocycles. The van der Waals surface area contributed by atoms with Gasteiger partial charge in [-0.25, -0.2) is 0 Å². The first-order chi connectivity index (χ1) is 7.95. The summed E-state index contributed by atoms with van der Waals surface area (Å²) in [5.74, 6) is 0. The molecule has 0 fully saturated rings. The number of aliphatic imine (C=N–C) groups is 1. The fraction of sp³-hybridized carbons (Fsp3) is 0.0714. The zero-order chi connectivity index (χ0) is 10.8. The molecule has 2 heteroatoms. The van der Waals surface area contributed by atoms with Crippen LogP contribution in [0.2, 0.25) is 0 Å². The summed E-state index contributed by atoms with van der Waals surface area (Å²) in [7, 11) is 0. The summed E-state index contributed by atoms with van der Waals surface area (Å²) in [6.07, 6.45) is 3.68. The normalized spacial score (nSPS) is 14.6. The average Bonchev–Trinajstić information content (AvgIpc) is 2.39. The van der Waals surface area contributed by atoms with Gasteiger partial charge < -0.3 is 5.32 Å². The van der Waals surface area contributed by atoms with Crippen LogP contribution in [0.1, 0.15) is 5.56 Å². The molecule has 0 atom stereocenters. The van der Waals surface area contributed by atoms with E-state index in [-0.39, 0.29) is 0 Å². The Balaban J connectivity index is 2.23. The minimum atomic E-state index is 0.796. The highest BCUT2D eigenvalue weighted by Gasteiger charge is 2.07. The van der Waals surface area contributed by atoms with E-state index in [1.165, 1.54) is 16.3 Å². The molecule has 0 aromatic heterocycles. The number of rotatable bonds is 1. The molecule has 0 unspecified atom stereocenters. The average molecular weight is 208 g/mol. The summed E-state index contributed by atoms with van der Waals surface area (Å²) in [5.41, 5.74) is 2.31. The van der Waals surface area contributed by atoms with E-state index in [2.05, 4.69) is 52.8 Å². The van der Waals surface area contributed by atoms with Gasteiger partial charge in [0.1, 0.15) is 0 Å². The lowest BCUT2D eigenvalue weighted by Crippen LogP contribution is -2.21. The molecule has 1 heterocycles. The molecule has 1 N–H and O–H groups in total. The van der Waals surface area contributed by atoms with Gasteiger partial charge in [0.25, 0.3) is 0 Å². The second kappa shape index (κ2) is 3.81. The largest absolute Gasteiger partial charge is 0.384 e. The van der Waals surface area contributed by atoms with Gasteiger partial charge in [-0.1, -0.05) is 42.5 Å². The molecule has 0 saturated carbocycles. The van der Waals surface area contributed by atoms with Crippen LogP contribution in [0.3, 0.4) is 0 Å². The first-order valence-corrected chi connectivity index (χ1v) is 5.38. The van der Waals surface area contributed by atoms with Gasteiger partial charge in [-0.15, -0.1) is 0 Å². The number of nitrogens with zero attached hydrogens (tertiary/aromatic N) is 1. The third kappa shape index (κ3) is 1.48. The first-order valence-electron chi connectivity index (χ1n) is 5.38. The van der Waals surface area contributed by atoms with Gasteiger partial charge in [0.2, 0.25) is 0 Å². The molecule has 0 bridgehead atoms. The van der Waals surface area contributed by atoms with Gasteiger partial charge in [0, 0.05) is 18.0 Å². The third-order valence-electron chi connectivity index (χ3n) is 2.79.